The molecule has 0 spiro atoms. The van der Waals surface area contributed by atoms with Gasteiger partial charge in [-0.2, -0.15) is 0 Å². The van der Waals surface area contributed by atoms with E-state index in [4.69, 9.17) is 18.0 Å². The zero-order chi connectivity index (χ0) is 12.9. The summed E-state index contributed by atoms with van der Waals surface area (Å²) in [6, 6.07) is 0.633. The molecule has 0 atom stereocenters. The third-order valence-electron chi connectivity index (χ3n) is 3.05. The molecule has 0 amide bonds. The summed E-state index contributed by atoms with van der Waals surface area (Å²) >= 11 is 4.87. The van der Waals surface area contributed by atoms with E-state index < -0.39 is 9.84 Å². The second-order valence-electron chi connectivity index (χ2n) is 4.57. The number of nitrogens with zero attached hydrogens (tertiary/aromatic N) is 1. The van der Waals surface area contributed by atoms with Crippen LogP contribution in [0.1, 0.15) is 32.6 Å². The second kappa shape index (κ2) is 6.66. The minimum atomic E-state index is -2.83. The van der Waals surface area contributed by atoms with E-state index in [0.29, 0.717) is 23.2 Å². The molecule has 1 rings (SSSR count). The highest BCUT2D eigenvalue weighted by Crippen LogP contribution is 2.27. The highest BCUT2D eigenvalue weighted by Gasteiger charge is 2.28. The van der Waals surface area contributed by atoms with Gasteiger partial charge in [0.2, 0.25) is 0 Å². The van der Waals surface area contributed by atoms with Gasteiger partial charge in [0.25, 0.3) is 0 Å². The molecule has 0 aromatic carbocycles. The van der Waals surface area contributed by atoms with Gasteiger partial charge in [0.15, 0.2) is 0 Å². The Hall–Kier alpha value is -0.200. The van der Waals surface area contributed by atoms with E-state index in [-0.39, 0.29) is 5.75 Å². The third-order valence-corrected chi connectivity index (χ3v) is 5.04. The van der Waals surface area contributed by atoms with E-state index in [1.54, 1.807) is 6.92 Å². The lowest BCUT2D eigenvalue weighted by molar-refractivity contribution is 0.272. The van der Waals surface area contributed by atoms with E-state index in [2.05, 4.69) is 4.90 Å². The predicted molar refractivity (Wildman–Crippen MR) is 74.9 cm³/mol. The monoisotopic (exact) mass is 278 g/mol. The first kappa shape index (κ1) is 14.9. The molecule has 0 radical (unpaired) electrons. The smallest absolute Gasteiger partial charge is 0.150 e. The van der Waals surface area contributed by atoms with E-state index >= 15 is 0 Å². The normalized spacial score (nSPS) is 16.4. The van der Waals surface area contributed by atoms with Gasteiger partial charge in [0.05, 0.1) is 10.7 Å². The molecule has 1 aliphatic rings. The van der Waals surface area contributed by atoms with Gasteiger partial charge < -0.3 is 5.73 Å². The first-order chi connectivity index (χ1) is 7.94. The fraction of sp³-hybridized carbons (Fsp3) is 0.909. The Morgan fingerprint density at radius 2 is 2.06 bits per heavy atom. The molecule has 6 heteroatoms. The van der Waals surface area contributed by atoms with Crippen molar-refractivity contribution in [1.82, 2.24) is 4.90 Å². The fourth-order valence-electron chi connectivity index (χ4n) is 1.80. The Morgan fingerprint density at radius 1 is 1.41 bits per heavy atom. The van der Waals surface area contributed by atoms with Crippen LogP contribution in [-0.2, 0) is 9.84 Å². The SMILES string of the molecule is CCS(=O)(=O)CCCN(CCC(N)=S)C1CC1. The van der Waals surface area contributed by atoms with Gasteiger partial charge in [0, 0.05) is 24.8 Å². The van der Waals surface area contributed by atoms with Crippen LogP contribution >= 0.6 is 12.2 Å². The minimum Gasteiger partial charge on any atom is -0.393 e. The first-order valence-corrected chi connectivity index (χ1v) is 8.40. The van der Waals surface area contributed by atoms with Crippen LogP contribution in [0.5, 0.6) is 0 Å². The van der Waals surface area contributed by atoms with E-state index in [0.717, 1.165) is 19.5 Å². The largest absolute Gasteiger partial charge is 0.393 e. The molecule has 17 heavy (non-hydrogen) atoms. The van der Waals surface area contributed by atoms with E-state index in [9.17, 15) is 8.42 Å². The molecule has 1 fully saturated rings. The summed E-state index contributed by atoms with van der Waals surface area (Å²) in [4.78, 5) is 2.86. The summed E-state index contributed by atoms with van der Waals surface area (Å²) in [6.45, 7) is 3.40. The molecule has 2 N–H and O–H groups in total. The van der Waals surface area contributed by atoms with Crippen LogP contribution in [0.4, 0.5) is 0 Å². The van der Waals surface area contributed by atoms with E-state index in [1.165, 1.54) is 12.8 Å². The molecule has 0 unspecified atom stereocenters. The summed E-state index contributed by atoms with van der Waals surface area (Å²) in [6.07, 6.45) is 3.88. The van der Waals surface area contributed by atoms with Gasteiger partial charge >= 0.3 is 0 Å². The summed E-state index contributed by atoms with van der Waals surface area (Å²) < 4.78 is 22.7. The van der Waals surface area contributed by atoms with E-state index in [1.807, 2.05) is 0 Å². The lowest BCUT2D eigenvalue weighted by Gasteiger charge is -2.21. The molecular weight excluding hydrogens is 256 g/mol. The topological polar surface area (TPSA) is 63.4 Å². The number of sulfone groups is 1. The van der Waals surface area contributed by atoms with Gasteiger partial charge in [-0.05, 0) is 25.8 Å². The molecule has 0 aromatic rings. The molecule has 0 aliphatic heterocycles. The highest BCUT2D eigenvalue weighted by atomic mass is 32.2. The number of nitrogens with two attached hydrogens (primary N) is 1. The quantitative estimate of drug-likeness (QED) is 0.636. The standard InChI is InChI=1S/C11H22N2O2S2/c1-2-17(14,15)9-3-7-13(10-4-5-10)8-6-11(12)16/h10H,2-9H2,1H3,(H2,12,16). The molecule has 0 heterocycles. The Kier molecular flexibility index (Phi) is 5.82. The number of rotatable bonds is 9. The summed E-state index contributed by atoms with van der Waals surface area (Å²) in [5, 5.41) is 0. The zero-order valence-electron chi connectivity index (χ0n) is 10.4. The van der Waals surface area contributed by atoms with Crippen LogP contribution in [-0.4, -0.2) is 48.9 Å². The van der Waals surface area contributed by atoms with Crippen molar-refractivity contribution in [2.75, 3.05) is 24.6 Å². The molecule has 0 aromatic heterocycles. The molecule has 4 nitrogen and oxygen atoms in total. The summed E-state index contributed by atoms with van der Waals surface area (Å²) in [7, 11) is -2.83. The Bertz CT molecular complexity index is 350. The van der Waals surface area contributed by atoms with Crippen molar-refractivity contribution in [1.29, 1.82) is 0 Å². The number of hydrogen-bond donors (Lipinski definition) is 1. The molecule has 100 valence electrons. The average Bonchev–Trinajstić information content (AvgIpc) is 3.06. The molecule has 1 aliphatic carbocycles. The lowest BCUT2D eigenvalue weighted by atomic mass is 10.3. The summed E-state index contributed by atoms with van der Waals surface area (Å²) in [5.74, 6) is 0.531. The van der Waals surface area contributed by atoms with Crippen LogP contribution in [0.25, 0.3) is 0 Å². The Morgan fingerprint density at radius 3 is 2.53 bits per heavy atom. The predicted octanol–water partition coefficient (Wildman–Crippen LogP) is 0.952. The van der Waals surface area contributed by atoms with Crippen LogP contribution < -0.4 is 5.73 Å². The van der Waals surface area contributed by atoms with Crippen LogP contribution in [0.3, 0.4) is 0 Å². The maximum Gasteiger partial charge on any atom is 0.150 e. The number of hydrogen-bond acceptors (Lipinski definition) is 4. The van der Waals surface area contributed by atoms with Crippen LogP contribution in [0.2, 0.25) is 0 Å². The van der Waals surface area contributed by atoms with Crippen molar-refractivity contribution in [2.24, 2.45) is 5.73 Å². The van der Waals surface area contributed by atoms with Crippen molar-refractivity contribution in [3.05, 3.63) is 0 Å². The van der Waals surface area contributed by atoms with Crippen molar-refractivity contribution in [3.63, 3.8) is 0 Å². The van der Waals surface area contributed by atoms with Gasteiger partial charge in [-0.25, -0.2) is 8.42 Å². The first-order valence-electron chi connectivity index (χ1n) is 6.17. The molecule has 0 bridgehead atoms. The Balaban J connectivity index is 2.27. The summed E-state index contributed by atoms with van der Waals surface area (Å²) in [5.41, 5.74) is 5.49. The van der Waals surface area contributed by atoms with Crippen molar-refractivity contribution < 1.29 is 8.42 Å². The maximum atomic E-state index is 11.4. The third kappa shape index (κ3) is 6.33. The van der Waals surface area contributed by atoms with Crippen LogP contribution in [0, 0.1) is 0 Å². The van der Waals surface area contributed by atoms with Crippen molar-refractivity contribution in [2.45, 2.75) is 38.6 Å². The molecule has 0 saturated heterocycles. The molecular formula is C11H22N2O2S2. The molecule has 1 saturated carbocycles. The van der Waals surface area contributed by atoms with Gasteiger partial charge in [-0.15, -0.1) is 0 Å². The second-order valence-corrected chi connectivity index (χ2v) is 7.57. The van der Waals surface area contributed by atoms with Crippen molar-refractivity contribution >= 4 is 27.0 Å². The van der Waals surface area contributed by atoms with Gasteiger partial charge in [0.1, 0.15) is 9.84 Å². The minimum absolute atomic E-state index is 0.239. The zero-order valence-corrected chi connectivity index (χ0v) is 12.0. The van der Waals surface area contributed by atoms with Gasteiger partial charge in [-0.1, -0.05) is 19.1 Å². The fourth-order valence-corrected chi connectivity index (χ4v) is 2.75. The maximum absolute atomic E-state index is 11.4. The van der Waals surface area contributed by atoms with Crippen LogP contribution in [0.15, 0.2) is 0 Å². The highest BCUT2D eigenvalue weighted by molar-refractivity contribution is 7.91. The van der Waals surface area contributed by atoms with Crippen molar-refractivity contribution in [3.8, 4) is 0 Å². The lowest BCUT2D eigenvalue weighted by Crippen LogP contribution is -2.31. The Labute approximate surface area is 109 Å². The average molecular weight is 278 g/mol. The number of thiocarbonyl (C=S) groups is 1. The van der Waals surface area contributed by atoms with Gasteiger partial charge in [-0.3, -0.25) is 4.90 Å².